The molecule has 3 rings (SSSR count). The highest BCUT2D eigenvalue weighted by molar-refractivity contribution is 9.10. The van der Waals surface area contributed by atoms with Gasteiger partial charge in [-0.05, 0) is 67.5 Å². The number of rotatable bonds is 3. The summed E-state index contributed by atoms with van der Waals surface area (Å²) in [5, 5.41) is 3.38. The molecule has 1 aliphatic rings. The van der Waals surface area contributed by atoms with E-state index in [1.807, 2.05) is 50.2 Å². The van der Waals surface area contributed by atoms with Gasteiger partial charge in [-0.15, -0.1) is 0 Å². The van der Waals surface area contributed by atoms with Crippen LogP contribution in [0.2, 0.25) is 0 Å². The first-order valence-electron chi connectivity index (χ1n) is 9.01. The van der Waals surface area contributed by atoms with Gasteiger partial charge in [-0.3, -0.25) is 15.6 Å². The largest absolute Gasteiger partial charge is 0.378 e. The molecule has 1 aliphatic heterocycles. The van der Waals surface area contributed by atoms with E-state index in [9.17, 15) is 4.79 Å². The third kappa shape index (κ3) is 5.21. The Labute approximate surface area is 178 Å². The monoisotopic (exact) mass is 462 g/mol. The van der Waals surface area contributed by atoms with Crippen molar-refractivity contribution in [2.24, 2.45) is 0 Å². The molecule has 0 saturated carbocycles. The fourth-order valence-electron chi connectivity index (χ4n) is 2.99. The maximum atomic E-state index is 12.4. The summed E-state index contributed by atoms with van der Waals surface area (Å²) in [6.07, 6.45) is 0. The predicted octanol–water partition coefficient (Wildman–Crippen LogP) is 3.53. The number of ether oxygens (including phenoxy) is 1. The number of carbonyl (C=O) groups is 1. The molecule has 1 saturated heterocycles. The molecule has 0 aromatic heterocycles. The molecule has 28 heavy (non-hydrogen) atoms. The van der Waals surface area contributed by atoms with Gasteiger partial charge in [0.05, 0.1) is 13.2 Å². The number of carbonyl (C=O) groups excluding carboxylic acids is 1. The van der Waals surface area contributed by atoms with Gasteiger partial charge in [0, 0.05) is 34.5 Å². The third-order valence-corrected chi connectivity index (χ3v) is 5.60. The highest BCUT2D eigenvalue weighted by Crippen LogP contribution is 2.21. The summed E-state index contributed by atoms with van der Waals surface area (Å²) in [6, 6.07) is 11.8. The first kappa shape index (κ1) is 20.6. The van der Waals surface area contributed by atoms with E-state index in [4.69, 9.17) is 17.0 Å². The van der Waals surface area contributed by atoms with E-state index in [-0.39, 0.29) is 5.91 Å². The van der Waals surface area contributed by atoms with Crippen LogP contribution < -0.4 is 21.1 Å². The zero-order valence-electron chi connectivity index (χ0n) is 15.8. The maximum absolute atomic E-state index is 12.4. The van der Waals surface area contributed by atoms with Crippen LogP contribution in [-0.2, 0) is 4.74 Å². The number of benzene rings is 2. The maximum Gasteiger partial charge on any atom is 0.269 e. The van der Waals surface area contributed by atoms with E-state index in [1.165, 1.54) is 0 Å². The molecule has 1 amide bonds. The van der Waals surface area contributed by atoms with Crippen molar-refractivity contribution in [3.05, 3.63) is 57.6 Å². The fourth-order valence-corrected chi connectivity index (χ4v) is 3.50. The minimum Gasteiger partial charge on any atom is -0.378 e. The van der Waals surface area contributed by atoms with Gasteiger partial charge in [-0.1, -0.05) is 22.0 Å². The molecule has 148 valence electrons. The SMILES string of the molecule is Cc1cc(C)c(C(=O)NNC(=S)Nc2ccc(N3CCOCC3)cc2)cc1Br. The summed E-state index contributed by atoms with van der Waals surface area (Å²) in [7, 11) is 0. The second kappa shape index (κ2) is 9.36. The number of nitrogens with one attached hydrogen (secondary N) is 3. The van der Waals surface area contributed by atoms with E-state index < -0.39 is 0 Å². The molecule has 3 N–H and O–H groups in total. The quantitative estimate of drug-likeness (QED) is 0.478. The Morgan fingerprint density at radius 3 is 2.43 bits per heavy atom. The summed E-state index contributed by atoms with van der Waals surface area (Å²) >= 11 is 8.73. The topological polar surface area (TPSA) is 65.6 Å². The van der Waals surface area contributed by atoms with Crippen molar-refractivity contribution in [2.45, 2.75) is 13.8 Å². The second-order valence-corrected chi connectivity index (χ2v) is 7.86. The van der Waals surface area contributed by atoms with Gasteiger partial charge in [-0.2, -0.15) is 0 Å². The third-order valence-electron chi connectivity index (χ3n) is 4.54. The second-order valence-electron chi connectivity index (χ2n) is 6.60. The Balaban J connectivity index is 1.53. The lowest BCUT2D eigenvalue weighted by molar-refractivity contribution is 0.0943. The van der Waals surface area contributed by atoms with E-state index in [1.54, 1.807) is 0 Å². The van der Waals surface area contributed by atoms with Crippen molar-refractivity contribution in [1.82, 2.24) is 10.9 Å². The number of hydrogen-bond acceptors (Lipinski definition) is 4. The van der Waals surface area contributed by atoms with Crippen molar-refractivity contribution in [3.63, 3.8) is 0 Å². The normalized spacial score (nSPS) is 13.8. The Morgan fingerprint density at radius 2 is 1.75 bits per heavy atom. The molecule has 2 aromatic carbocycles. The van der Waals surface area contributed by atoms with Crippen LogP contribution in [0.3, 0.4) is 0 Å². The molecule has 8 heteroatoms. The number of hydrogen-bond donors (Lipinski definition) is 3. The average molecular weight is 463 g/mol. The van der Waals surface area contributed by atoms with Gasteiger partial charge in [0.1, 0.15) is 0 Å². The summed E-state index contributed by atoms with van der Waals surface area (Å²) in [5.41, 5.74) is 9.95. The Kier molecular flexibility index (Phi) is 6.88. The standard InChI is InChI=1S/C20H23BrN4O2S/c1-13-11-14(2)18(21)12-17(13)19(26)23-24-20(28)22-15-3-5-16(6-4-15)25-7-9-27-10-8-25/h3-6,11-12H,7-10H2,1-2H3,(H,23,26)(H2,22,24,28). The summed E-state index contributed by atoms with van der Waals surface area (Å²) < 4.78 is 6.27. The van der Waals surface area contributed by atoms with Gasteiger partial charge in [0.25, 0.3) is 5.91 Å². The molecule has 0 atom stereocenters. The van der Waals surface area contributed by atoms with E-state index in [0.717, 1.165) is 53.3 Å². The van der Waals surface area contributed by atoms with Crippen LogP contribution in [-0.4, -0.2) is 37.3 Å². The van der Waals surface area contributed by atoms with Crippen LogP contribution in [0.25, 0.3) is 0 Å². The van der Waals surface area contributed by atoms with Crippen LogP contribution in [0, 0.1) is 13.8 Å². The van der Waals surface area contributed by atoms with Gasteiger partial charge >= 0.3 is 0 Å². The zero-order chi connectivity index (χ0) is 20.1. The highest BCUT2D eigenvalue weighted by atomic mass is 79.9. The van der Waals surface area contributed by atoms with Crippen LogP contribution >= 0.6 is 28.1 Å². The molecular weight excluding hydrogens is 440 g/mol. The lowest BCUT2D eigenvalue weighted by atomic mass is 10.1. The van der Waals surface area contributed by atoms with E-state index >= 15 is 0 Å². The van der Waals surface area contributed by atoms with Gasteiger partial charge in [0.2, 0.25) is 0 Å². The first-order chi connectivity index (χ1) is 13.4. The summed E-state index contributed by atoms with van der Waals surface area (Å²) in [4.78, 5) is 14.7. The fraction of sp³-hybridized carbons (Fsp3) is 0.300. The van der Waals surface area contributed by atoms with Crippen LogP contribution in [0.15, 0.2) is 40.9 Å². The summed E-state index contributed by atoms with van der Waals surface area (Å²) in [5.74, 6) is -0.245. The number of thiocarbonyl (C=S) groups is 1. The average Bonchev–Trinajstić information content (AvgIpc) is 2.70. The first-order valence-corrected chi connectivity index (χ1v) is 10.2. The Morgan fingerprint density at radius 1 is 1.07 bits per heavy atom. The van der Waals surface area contributed by atoms with Gasteiger partial charge in [0.15, 0.2) is 5.11 Å². The van der Waals surface area contributed by atoms with Crippen LogP contribution in [0.1, 0.15) is 21.5 Å². The lowest BCUT2D eigenvalue weighted by Gasteiger charge is -2.29. The number of amides is 1. The number of aryl methyl sites for hydroxylation is 2. The zero-order valence-corrected chi connectivity index (χ0v) is 18.2. The lowest BCUT2D eigenvalue weighted by Crippen LogP contribution is -2.44. The molecule has 0 bridgehead atoms. The van der Waals surface area contributed by atoms with Crippen molar-refractivity contribution < 1.29 is 9.53 Å². The van der Waals surface area contributed by atoms with Crippen molar-refractivity contribution in [3.8, 4) is 0 Å². The highest BCUT2D eigenvalue weighted by Gasteiger charge is 2.12. The Hall–Kier alpha value is -2.16. The number of anilines is 2. The number of halogens is 1. The number of morpholine rings is 1. The van der Waals surface area contributed by atoms with Gasteiger partial charge in [-0.25, -0.2) is 0 Å². The van der Waals surface area contributed by atoms with Crippen molar-refractivity contribution in [2.75, 3.05) is 36.5 Å². The van der Waals surface area contributed by atoms with Crippen molar-refractivity contribution in [1.29, 1.82) is 0 Å². The number of nitrogens with zero attached hydrogens (tertiary/aromatic N) is 1. The van der Waals surface area contributed by atoms with Crippen LogP contribution in [0.5, 0.6) is 0 Å². The minimum atomic E-state index is -0.245. The molecule has 0 radical (unpaired) electrons. The molecule has 2 aromatic rings. The summed E-state index contributed by atoms with van der Waals surface area (Å²) in [6.45, 7) is 7.19. The Bertz CT molecular complexity index is 867. The van der Waals surface area contributed by atoms with E-state index in [0.29, 0.717) is 10.7 Å². The molecular formula is C20H23BrN4O2S. The molecule has 1 heterocycles. The molecule has 6 nitrogen and oxygen atoms in total. The van der Waals surface area contributed by atoms with E-state index in [2.05, 4.69) is 37.0 Å². The van der Waals surface area contributed by atoms with Crippen LogP contribution in [0.4, 0.5) is 11.4 Å². The molecule has 0 spiro atoms. The smallest absolute Gasteiger partial charge is 0.269 e. The molecule has 0 unspecified atom stereocenters. The minimum absolute atomic E-state index is 0.245. The predicted molar refractivity (Wildman–Crippen MR) is 120 cm³/mol. The number of hydrazine groups is 1. The molecule has 1 fully saturated rings. The van der Waals surface area contributed by atoms with Gasteiger partial charge < -0.3 is 15.0 Å². The van der Waals surface area contributed by atoms with Crippen molar-refractivity contribution >= 4 is 50.5 Å². The molecule has 0 aliphatic carbocycles.